The molecule has 37 heavy (non-hydrogen) atoms. The van der Waals surface area contributed by atoms with Gasteiger partial charge in [0.2, 0.25) is 11.8 Å². The van der Waals surface area contributed by atoms with Crippen LogP contribution in [0, 0.1) is 11.8 Å². The molecule has 2 fully saturated rings. The van der Waals surface area contributed by atoms with E-state index in [-0.39, 0.29) is 24.7 Å². The summed E-state index contributed by atoms with van der Waals surface area (Å²) in [6.45, 7) is 5.45. The van der Waals surface area contributed by atoms with Crippen LogP contribution in [0.1, 0.15) is 77.6 Å². The fourth-order valence-corrected chi connectivity index (χ4v) is 5.53. The molecule has 0 radical (unpaired) electrons. The number of aliphatic hydroxyl groups is 1. The number of nitrogens with two attached hydrogens (primary N) is 2. The number of hydrazine groups is 1. The number of aliphatic hydroxyl groups excluding tert-OH is 1. The van der Waals surface area contributed by atoms with Crippen LogP contribution in [0.4, 0.5) is 0 Å². The largest absolute Gasteiger partial charge is 0.477 e. The molecule has 1 amide bonds. The summed E-state index contributed by atoms with van der Waals surface area (Å²) in [5.41, 5.74) is 9.63. The Hall–Kier alpha value is -1.81. The lowest BCUT2D eigenvalue weighted by Gasteiger charge is -2.46. The first-order chi connectivity index (χ1) is 18.0. The third-order valence-electron chi connectivity index (χ3n) is 8.21. The van der Waals surface area contributed by atoms with Crippen molar-refractivity contribution in [1.82, 2.24) is 15.2 Å². The summed E-state index contributed by atoms with van der Waals surface area (Å²) in [4.78, 5) is 17.0. The first-order valence-corrected chi connectivity index (χ1v) is 14.5. The summed E-state index contributed by atoms with van der Waals surface area (Å²) >= 11 is 0. The van der Waals surface area contributed by atoms with Crippen LogP contribution >= 0.6 is 0 Å². The number of nitrogens with one attached hydrogen (secondary N) is 1. The molecule has 2 unspecified atom stereocenters. The predicted molar refractivity (Wildman–Crippen MR) is 146 cm³/mol. The Kier molecular flexibility index (Phi) is 12.5. The number of hydrogen-bond donors (Lipinski definition) is 4. The van der Waals surface area contributed by atoms with Crippen LogP contribution < -0.4 is 17.0 Å². The van der Waals surface area contributed by atoms with Crippen LogP contribution in [0.25, 0.3) is 0 Å². The Labute approximate surface area is 223 Å². The number of carbonyl (C=O) groups excluding carboxylic acids is 1. The molecule has 4 atom stereocenters. The van der Waals surface area contributed by atoms with Crippen LogP contribution in [0.15, 0.2) is 23.7 Å². The summed E-state index contributed by atoms with van der Waals surface area (Å²) < 4.78 is 12.0. The number of allylic oxidation sites excluding steroid dienone is 1. The van der Waals surface area contributed by atoms with E-state index in [1.165, 1.54) is 38.5 Å². The molecule has 1 saturated heterocycles. The molecule has 6 N–H and O–H groups in total. The van der Waals surface area contributed by atoms with E-state index in [4.69, 9.17) is 21.1 Å². The zero-order chi connectivity index (χ0) is 26.6. The van der Waals surface area contributed by atoms with Crippen LogP contribution in [0.2, 0.25) is 0 Å². The first-order valence-electron chi connectivity index (χ1n) is 14.5. The number of nitrogens with zero attached hydrogens (tertiary/aromatic N) is 2. The van der Waals surface area contributed by atoms with Gasteiger partial charge in [0.25, 0.3) is 0 Å². The molecule has 9 nitrogen and oxygen atoms in total. The van der Waals surface area contributed by atoms with Crippen LogP contribution in [0.5, 0.6) is 0 Å². The average Bonchev–Trinajstić information content (AvgIpc) is 3.64. The number of unbranched alkanes of at least 4 members (excludes halogenated alkanes) is 7. The Morgan fingerprint density at radius 1 is 1.14 bits per heavy atom. The third-order valence-corrected chi connectivity index (χ3v) is 8.21. The second-order valence-corrected chi connectivity index (χ2v) is 10.9. The highest BCUT2D eigenvalue weighted by Gasteiger charge is 2.41. The van der Waals surface area contributed by atoms with Crippen molar-refractivity contribution in [2.75, 3.05) is 40.0 Å². The molecule has 0 aromatic carbocycles. The fourth-order valence-electron chi connectivity index (χ4n) is 5.53. The van der Waals surface area contributed by atoms with E-state index in [1.807, 2.05) is 12.2 Å². The molecule has 212 valence electrons. The summed E-state index contributed by atoms with van der Waals surface area (Å²) in [5, 5.41) is 9.49. The Morgan fingerprint density at radius 2 is 1.81 bits per heavy atom. The molecule has 2 aliphatic heterocycles. The molecule has 0 aromatic heterocycles. The van der Waals surface area contributed by atoms with Crippen molar-refractivity contribution in [3.05, 3.63) is 23.7 Å². The van der Waals surface area contributed by atoms with Crippen molar-refractivity contribution < 1.29 is 19.4 Å². The summed E-state index contributed by atoms with van der Waals surface area (Å²) in [6.07, 6.45) is 16.8. The Morgan fingerprint density at radius 3 is 2.38 bits per heavy atom. The fraction of sp³-hybridized carbons (Fsp3) is 0.821. The van der Waals surface area contributed by atoms with Crippen molar-refractivity contribution in [3.63, 3.8) is 0 Å². The van der Waals surface area contributed by atoms with Gasteiger partial charge < -0.3 is 30.1 Å². The molecule has 3 aliphatic rings. The minimum Gasteiger partial charge on any atom is -0.477 e. The van der Waals surface area contributed by atoms with E-state index < -0.39 is 6.04 Å². The lowest BCUT2D eigenvalue weighted by molar-refractivity contribution is -0.123. The molecule has 0 bridgehead atoms. The number of ether oxygens (including phenoxy) is 2. The standard InChI is InChI=1S/C28H51N5O4/c1-3-23(12-10-8-6-4-5-7-9-11-15-31-30)33-25(27(29)35)13-14-26(32-17-24(18-32)36-2)28(33)37-20-22-16-21(22)19-34/h13-14,21-25,31,34H,3-12,15-20,30H2,1-2H3,(H2,29,35)/t21-,22-,23?,25?/m1/s1. The maximum atomic E-state index is 12.6. The number of amides is 1. The van der Waals surface area contributed by atoms with Crippen molar-refractivity contribution >= 4 is 5.91 Å². The minimum atomic E-state index is -0.515. The van der Waals surface area contributed by atoms with Gasteiger partial charge in [0, 0.05) is 39.4 Å². The average molecular weight is 522 g/mol. The molecule has 2 heterocycles. The molecule has 1 aliphatic carbocycles. The van der Waals surface area contributed by atoms with E-state index in [2.05, 4.69) is 22.1 Å². The molecule has 1 saturated carbocycles. The minimum absolute atomic E-state index is 0.170. The normalized spacial score (nSPS) is 24.4. The van der Waals surface area contributed by atoms with Gasteiger partial charge in [-0.2, -0.15) is 0 Å². The highest BCUT2D eigenvalue weighted by atomic mass is 16.5. The van der Waals surface area contributed by atoms with E-state index in [0.717, 1.165) is 63.3 Å². The predicted octanol–water partition coefficient (Wildman–Crippen LogP) is 2.61. The number of rotatable bonds is 20. The molecule has 3 rings (SSSR count). The van der Waals surface area contributed by atoms with Crippen LogP contribution in [-0.2, 0) is 14.3 Å². The zero-order valence-corrected chi connectivity index (χ0v) is 23.1. The maximum Gasteiger partial charge on any atom is 0.244 e. The molecule has 9 heteroatoms. The smallest absolute Gasteiger partial charge is 0.244 e. The highest BCUT2D eigenvalue weighted by Crippen LogP contribution is 2.40. The number of carbonyl (C=O) groups is 1. The Balaban J connectivity index is 1.61. The molecule has 0 aromatic rings. The van der Waals surface area contributed by atoms with Gasteiger partial charge in [-0.15, -0.1) is 0 Å². The van der Waals surface area contributed by atoms with Crippen LogP contribution in [-0.4, -0.2) is 79.0 Å². The van der Waals surface area contributed by atoms with Crippen molar-refractivity contribution in [3.8, 4) is 0 Å². The highest BCUT2D eigenvalue weighted by molar-refractivity contribution is 5.82. The monoisotopic (exact) mass is 521 g/mol. The van der Waals surface area contributed by atoms with Gasteiger partial charge >= 0.3 is 0 Å². The number of hydrogen-bond acceptors (Lipinski definition) is 8. The second-order valence-electron chi connectivity index (χ2n) is 10.9. The van der Waals surface area contributed by atoms with E-state index >= 15 is 0 Å². The summed E-state index contributed by atoms with van der Waals surface area (Å²) in [6, 6.07) is -0.345. The van der Waals surface area contributed by atoms with Gasteiger partial charge in [0.15, 0.2) is 0 Å². The maximum absolute atomic E-state index is 12.6. The van der Waals surface area contributed by atoms with Crippen molar-refractivity contribution in [2.45, 2.75) is 95.7 Å². The van der Waals surface area contributed by atoms with Gasteiger partial charge in [0.05, 0.1) is 18.4 Å². The summed E-state index contributed by atoms with van der Waals surface area (Å²) in [5.74, 6) is 6.44. The van der Waals surface area contributed by atoms with Crippen LogP contribution in [0.3, 0.4) is 0 Å². The van der Waals surface area contributed by atoms with E-state index in [0.29, 0.717) is 18.4 Å². The van der Waals surface area contributed by atoms with Crippen molar-refractivity contribution in [2.24, 2.45) is 23.4 Å². The topological polar surface area (TPSA) is 126 Å². The summed E-state index contributed by atoms with van der Waals surface area (Å²) in [7, 11) is 1.74. The Bertz CT molecular complexity index is 755. The molecular formula is C28H51N5O4. The molecule has 0 spiro atoms. The quantitative estimate of drug-likeness (QED) is 0.109. The number of primary amides is 1. The van der Waals surface area contributed by atoms with E-state index in [9.17, 15) is 9.90 Å². The van der Waals surface area contributed by atoms with E-state index in [1.54, 1.807) is 7.11 Å². The van der Waals surface area contributed by atoms with Gasteiger partial charge in [-0.1, -0.05) is 57.9 Å². The number of likely N-dealkylation sites (tertiary alicyclic amines) is 1. The van der Waals surface area contributed by atoms with Crippen molar-refractivity contribution in [1.29, 1.82) is 0 Å². The first kappa shape index (κ1) is 29.7. The van der Waals surface area contributed by atoms with Gasteiger partial charge in [-0.05, 0) is 43.6 Å². The lowest BCUT2D eigenvalue weighted by atomic mass is 9.98. The van der Waals surface area contributed by atoms with Gasteiger partial charge in [0.1, 0.15) is 6.04 Å². The second kappa shape index (κ2) is 15.6. The lowest BCUT2D eigenvalue weighted by Crippen LogP contribution is -2.55. The van der Waals surface area contributed by atoms with Gasteiger partial charge in [-0.3, -0.25) is 16.1 Å². The third kappa shape index (κ3) is 8.60. The SMILES string of the molecule is CCC(CCCCCCCCCCNN)N1C(OC[C@H]2C[C@@H]2CO)=C(N2CC(OC)C2)C=CC1C(N)=O. The molecular weight excluding hydrogens is 470 g/mol. The number of methoxy groups -OCH3 is 1. The van der Waals surface area contributed by atoms with Gasteiger partial charge in [-0.25, -0.2) is 0 Å². The zero-order valence-electron chi connectivity index (χ0n) is 23.1.